The Morgan fingerprint density at radius 2 is 1.88 bits per heavy atom. The summed E-state index contributed by atoms with van der Waals surface area (Å²) in [5.41, 5.74) is 2.04. The topological polar surface area (TPSA) is 20.2 Å². The van der Waals surface area contributed by atoms with E-state index < -0.39 is 0 Å². The second kappa shape index (κ2) is 4.54. The van der Waals surface area contributed by atoms with E-state index in [0.717, 1.165) is 12.0 Å². The highest BCUT2D eigenvalue weighted by Gasteiger charge is 2.00. The molecule has 2 heteroatoms. The number of aliphatic hydroxyl groups excluding tert-OH is 1. The van der Waals surface area contributed by atoms with E-state index >= 15 is 0 Å². The van der Waals surface area contributed by atoms with E-state index in [1.165, 1.54) is 15.3 Å². The number of aryl methyl sites for hydroxylation is 1. The molecule has 82 valence electrons. The third-order valence-electron chi connectivity index (χ3n) is 2.46. The van der Waals surface area contributed by atoms with Gasteiger partial charge in [-0.25, -0.2) is 0 Å². The standard InChI is InChI=1S/C14H14OS/c1-10-3-8-14(16-10)9-12-4-6-13(7-5-12)11(2)15/h3-8,15H,2,9H2,1H3. The molecule has 0 aliphatic carbocycles. The van der Waals surface area contributed by atoms with Gasteiger partial charge in [0.2, 0.25) is 0 Å². The first-order chi connectivity index (χ1) is 7.65. The summed E-state index contributed by atoms with van der Waals surface area (Å²) in [5, 5.41) is 9.22. The van der Waals surface area contributed by atoms with E-state index in [-0.39, 0.29) is 5.76 Å². The van der Waals surface area contributed by atoms with Crippen LogP contribution in [0, 0.1) is 6.92 Å². The summed E-state index contributed by atoms with van der Waals surface area (Å²) >= 11 is 1.83. The minimum atomic E-state index is 0.124. The Bertz CT molecular complexity index is 494. The predicted molar refractivity (Wildman–Crippen MR) is 70.0 cm³/mol. The van der Waals surface area contributed by atoms with Crippen molar-refractivity contribution in [2.24, 2.45) is 0 Å². The highest BCUT2D eigenvalue weighted by Crippen LogP contribution is 2.20. The monoisotopic (exact) mass is 230 g/mol. The molecule has 16 heavy (non-hydrogen) atoms. The van der Waals surface area contributed by atoms with Crippen LogP contribution in [0.5, 0.6) is 0 Å². The van der Waals surface area contributed by atoms with Crippen LogP contribution in [0.25, 0.3) is 5.76 Å². The zero-order chi connectivity index (χ0) is 11.5. The van der Waals surface area contributed by atoms with Crippen molar-refractivity contribution in [1.29, 1.82) is 0 Å². The number of aliphatic hydroxyl groups is 1. The lowest BCUT2D eigenvalue weighted by atomic mass is 10.1. The Morgan fingerprint density at radius 1 is 1.19 bits per heavy atom. The van der Waals surface area contributed by atoms with Gasteiger partial charge < -0.3 is 5.11 Å². The van der Waals surface area contributed by atoms with Gasteiger partial charge in [0.05, 0.1) is 0 Å². The molecule has 0 aliphatic rings. The number of hydrogen-bond donors (Lipinski definition) is 1. The maximum absolute atomic E-state index is 9.22. The maximum Gasteiger partial charge on any atom is 0.115 e. The Hall–Kier alpha value is -1.54. The molecule has 0 saturated carbocycles. The Labute approximate surface area is 99.7 Å². The van der Waals surface area contributed by atoms with Gasteiger partial charge in [-0.05, 0) is 24.6 Å². The van der Waals surface area contributed by atoms with Gasteiger partial charge in [-0.15, -0.1) is 11.3 Å². The van der Waals surface area contributed by atoms with Crippen LogP contribution in [0.4, 0.5) is 0 Å². The van der Waals surface area contributed by atoms with E-state index in [2.05, 4.69) is 25.6 Å². The van der Waals surface area contributed by atoms with Crippen LogP contribution in [0.15, 0.2) is 43.0 Å². The second-order valence-electron chi connectivity index (χ2n) is 3.83. The molecule has 1 N–H and O–H groups in total. The molecule has 0 radical (unpaired) electrons. The number of benzene rings is 1. The normalized spacial score (nSPS) is 10.3. The van der Waals surface area contributed by atoms with Gasteiger partial charge in [0.1, 0.15) is 5.76 Å². The zero-order valence-corrected chi connectivity index (χ0v) is 10.1. The summed E-state index contributed by atoms with van der Waals surface area (Å²) < 4.78 is 0. The van der Waals surface area contributed by atoms with Crippen molar-refractivity contribution >= 4 is 17.1 Å². The van der Waals surface area contributed by atoms with Crippen LogP contribution in [0.2, 0.25) is 0 Å². The van der Waals surface area contributed by atoms with E-state index in [9.17, 15) is 5.11 Å². The molecule has 0 amide bonds. The fourth-order valence-corrected chi connectivity index (χ4v) is 2.52. The maximum atomic E-state index is 9.22. The molecular weight excluding hydrogens is 216 g/mol. The Kier molecular flexibility index (Phi) is 3.11. The summed E-state index contributed by atoms with van der Waals surface area (Å²) in [5.74, 6) is 0.124. The molecule has 0 spiro atoms. The average molecular weight is 230 g/mol. The van der Waals surface area contributed by atoms with Gasteiger partial charge in [0.25, 0.3) is 0 Å². The van der Waals surface area contributed by atoms with Gasteiger partial charge in [-0.2, -0.15) is 0 Å². The molecule has 0 fully saturated rings. The van der Waals surface area contributed by atoms with Crippen molar-refractivity contribution < 1.29 is 5.11 Å². The van der Waals surface area contributed by atoms with Crippen molar-refractivity contribution in [1.82, 2.24) is 0 Å². The molecule has 1 heterocycles. The lowest BCUT2D eigenvalue weighted by Gasteiger charge is -2.01. The summed E-state index contributed by atoms with van der Waals surface area (Å²) in [6.45, 7) is 5.62. The SMILES string of the molecule is C=C(O)c1ccc(Cc2ccc(C)s2)cc1. The first-order valence-corrected chi connectivity index (χ1v) is 5.99. The lowest BCUT2D eigenvalue weighted by Crippen LogP contribution is -1.86. The van der Waals surface area contributed by atoms with Crippen LogP contribution in [0.1, 0.15) is 20.9 Å². The van der Waals surface area contributed by atoms with Gasteiger partial charge in [0, 0.05) is 21.7 Å². The summed E-state index contributed by atoms with van der Waals surface area (Å²) in [7, 11) is 0. The molecule has 1 nitrogen and oxygen atoms in total. The van der Waals surface area contributed by atoms with Crippen LogP contribution < -0.4 is 0 Å². The van der Waals surface area contributed by atoms with Crippen LogP contribution in [-0.2, 0) is 6.42 Å². The quantitative estimate of drug-likeness (QED) is 0.784. The Balaban J connectivity index is 2.14. The van der Waals surface area contributed by atoms with Crippen molar-refractivity contribution in [2.45, 2.75) is 13.3 Å². The fourth-order valence-electron chi connectivity index (χ4n) is 1.60. The predicted octanol–water partition coefficient (Wildman–Crippen LogP) is 4.18. The fraction of sp³-hybridized carbons (Fsp3) is 0.143. The summed E-state index contributed by atoms with van der Waals surface area (Å²) in [6, 6.07) is 12.2. The van der Waals surface area contributed by atoms with Crippen LogP contribution in [-0.4, -0.2) is 5.11 Å². The molecule has 1 aromatic carbocycles. The summed E-state index contributed by atoms with van der Waals surface area (Å²) in [4.78, 5) is 2.71. The molecule has 0 atom stereocenters. The largest absolute Gasteiger partial charge is 0.508 e. The van der Waals surface area contributed by atoms with E-state index in [4.69, 9.17) is 0 Å². The van der Waals surface area contributed by atoms with Crippen LogP contribution >= 0.6 is 11.3 Å². The van der Waals surface area contributed by atoms with Crippen molar-refractivity contribution in [3.05, 3.63) is 63.9 Å². The van der Waals surface area contributed by atoms with E-state index in [0.29, 0.717) is 0 Å². The molecule has 0 bridgehead atoms. The first-order valence-electron chi connectivity index (χ1n) is 5.17. The number of rotatable bonds is 3. The molecule has 2 rings (SSSR count). The number of hydrogen-bond acceptors (Lipinski definition) is 2. The Morgan fingerprint density at radius 3 is 2.38 bits per heavy atom. The molecular formula is C14H14OS. The van der Waals surface area contributed by atoms with E-state index in [1.807, 2.05) is 35.6 Å². The van der Waals surface area contributed by atoms with E-state index in [1.54, 1.807) is 0 Å². The van der Waals surface area contributed by atoms with Gasteiger partial charge in [0.15, 0.2) is 0 Å². The zero-order valence-electron chi connectivity index (χ0n) is 9.23. The molecule has 0 saturated heterocycles. The molecule has 2 aromatic rings. The minimum absolute atomic E-state index is 0.124. The highest BCUT2D eigenvalue weighted by molar-refractivity contribution is 7.11. The smallest absolute Gasteiger partial charge is 0.115 e. The third kappa shape index (κ3) is 2.52. The molecule has 1 aromatic heterocycles. The highest BCUT2D eigenvalue weighted by atomic mass is 32.1. The second-order valence-corrected chi connectivity index (χ2v) is 5.21. The lowest BCUT2D eigenvalue weighted by molar-refractivity contribution is 0.514. The average Bonchev–Trinajstić information content (AvgIpc) is 2.65. The minimum Gasteiger partial charge on any atom is -0.508 e. The third-order valence-corrected chi connectivity index (χ3v) is 3.46. The molecule has 0 aliphatic heterocycles. The van der Waals surface area contributed by atoms with Gasteiger partial charge in [-0.3, -0.25) is 0 Å². The molecule has 0 unspecified atom stereocenters. The van der Waals surface area contributed by atoms with Crippen molar-refractivity contribution in [3.63, 3.8) is 0 Å². The summed E-state index contributed by atoms with van der Waals surface area (Å²) in [6.07, 6.45) is 0.955. The van der Waals surface area contributed by atoms with Gasteiger partial charge in [-0.1, -0.05) is 30.8 Å². The number of thiophene rings is 1. The van der Waals surface area contributed by atoms with Crippen molar-refractivity contribution in [2.75, 3.05) is 0 Å². The van der Waals surface area contributed by atoms with Gasteiger partial charge >= 0.3 is 0 Å². The van der Waals surface area contributed by atoms with Crippen LogP contribution in [0.3, 0.4) is 0 Å². The van der Waals surface area contributed by atoms with Crippen molar-refractivity contribution in [3.8, 4) is 0 Å². The first kappa shape index (κ1) is 11.0.